The molecule has 0 saturated carbocycles. The number of methoxy groups -OCH3 is 1. The van der Waals surface area contributed by atoms with Gasteiger partial charge in [-0.3, -0.25) is 9.59 Å². The highest BCUT2D eigenvalue weighted by Crippen LogP contribution is 2.42. The van der Waals surface area contributed by atoms with Gasteiger partial charge in [-0.25, -0.2) is 0 Å². The number of carbonyl (C=O) groups is 2. The smallest absolute Gasteiger partial charge is 0.264 e. The summed E-state index contributed by atoms with van der Waals surface area (Å²) in [6.07, 6.45) is 1.64. The molecule has 6 nitrogen and oxygen atoms in total. The Kier molecular flexibility index (Phi) is 6.98. The summed E-state index contributed by atoms with van der Waals surface area (Å²) < 4.78 is 11.1. The molecule has 6 heteroatoms. The molecule has 0 radical (unpaired) electrons. The van der Waals surface area contributed by atoms with Gasteiger partial charge in [-0.2, -0.15) is 0 Å². The van der Waals surface area contributed by atoms with Crippen molar-refractivity contribution < 1.29 is 24.2 Å². The highest BCUT2D eigenvalue weighted by Gasteiger charge is 2.50. The van der Waals surface area contributed by atoms with Crippen LogP contribution in [-0.4, -0.2) is 37.1 Å². The van der Waals surface area contributed by atoms with Gasteiger partial charge in [-0.15, -0.1) is 0 Å². The van der Waals surface area contributed by atoms with Crippen molar-refractivity contribution in [3.8, 4) is 11.5 Å². The minimum absolute atomic E-state index is 0.198. The van der Waals surface area contributed by atoms with E-state index in [9.17, 15) is 14.7 Å². The summed E-state index contributed by atoms with van der Waals surface area (Å²) in [5.41, 5.74) is 0.746. The van der Waals surface area contributed by atoms with Crippen LogP contribution in [-0.2, 0) is 16.8 Å². The Morgan fingerprint density at radius 3 is 2.35 bits per heavy atom. The first-order valence-corrected chi connectivity index (χ1v) is 11.5. The van der Waals surface area contributed by atoms with E-state index in [1.807, 2.05) is 24.3 Å². The van der Waals surface area contributed by atoms with Crippen LogP contribution < -0.4 is 14.4 Å². The van der Waals surface area contributed by atoms with Crippen molar-refractivity contribution in [2.45, 2.75) is 31.8 Å². The molecule has 1 amide bonds. The molecule has 0 saturated heterocycles. The van der Waals surface area contributed by atoms with Crippen molar-refractivity contribution in [2.75, 3.05) is 25.2 Å². The van der Waals surface area contributed by atoms with Gasteiger partial charge in [0, 0.05) is 11.1 Å². The minimum Gasteiger partial charge on any atom is -0.493 e. The van der Waals surface area contributed by atoms with Crippen LogP contribution in [0, 0.1) is 0 Å². The zero-order valence-electron chi connectivity index (χ0n) is 19.5. The number of aliphatic hydroxyl groups is 1. The van der Waals surface area contributed by atoms with Crippen LogP contribution in [0.1, 0.15) is 41.3 Å². The van der Waals surface area contributed by atoms with Crippen LogP contribution in [0.3, 0.4) is 0 Å². The number of ketones is 1. The summed E-state index contributed by atoms with van der Waals surface area (Å²) in [6, 6.07) is 21.7. The minimum atomic E-state index is -1.92. The highest BCUT2D eigenvalue weighted by atomic mass is 16.5. The summed E-state index contributed by atoms with van der Waals surface area (Å²) in [6.45, 7) is 2.52. The van der Waals surface area contributed by atoms with Gasteiger partial charge in [0.1, 0.15) is 6.61 Å². The van der Waals surface area contributed by atoms with Gasteiger partial charge in [-0.05, 0) is 30.2 Å². The molecular formula is C28H29NO5. The third kappa shape index (κ3) is 4.54. The fraction of sp³-hybridized carbons (Fsp3) is 0.286. The number of ether oxygens (including phenoxy) is 2. The van der Waals surface area contributed by atoms with Crippen LogP contribution in [0.5, 0.6) is 11.5 Å². The number of nitrogens with zero attached hydrogens (tertiary/aromatic N) is 1. The number of amides is 1. The molecule has 3 aromatic carbocycles. The number of anilines is 1. The Morgan fingerprint density at radius 2 is 1.65 bits per heavy atom. The third-order valence-corrected chi connectivity index (χ3v) is 6.11. The second kappa shape index (κ2) is 10.1. The Balaban J connectivity index is 1.51. The van der Waals surface area contributed by atoms with Crippen molar-refractivity contribution in [3.63, 3.8) is 0 Å². The number of hydrogen-bond donors (Lipinski definition) is 1. The van der Waals surface area contributed by atoms with E-state index in [0.717, 1.165) is 18.4 Å². The second-order valence-electron chi connectivity index (χ2n) is 8.38. The van der Waals surface area contributed by atoms with Crippen molar-refractivity contribution in [1.82, 2.24) is 0 Å². The molecular weight excluding hydrogens is 430 g/mol. The second-order valence-corrected chi connectivity index (χ2v) is 8.38. The van der Waals surface area contributed by atoms with E-state index in [1.54, 1.807) is 55.6 Å². The summed E-state index contributed by atoms with van der Waals surface area (Å²) in [5, 5.41) is 11.5. The topological polar surface area (TPSA) is 76.1 Å². The van der Waals surface area contributed by atoms with Crippen molar-refractivity contribution >= 4 is 17.4 Å². The first-order chi connectivity index (χ1) is 16.5. The molecule has 1 aliphatic rings. The predicted molar refractivity (Wildman–Crippen MR) is 131 cm³/mol. The fourth-order valence-corrected chi connectivity index (χ4v) is 4.36. The first kappa shape index (κ1) is 23.5. The van der Waals surface area contributed by atoms with Crippen LogP contribution in [0.2, 0.25) is 0 Å². The lowest BCUT2D eigenvalue weighted by atomic mass is 9.88. The fourth-order valence-electron chi connectivity index (χ4n) is 4.36. The number of rotatable bonds is 10. The summed E-state index contributed by atoms with van der Waals surface area (Å²) >= 11 is 0. The average Bonchev–Trinajstić information content (AvgIpc) is 3.06. The van der Waals surface area contributed by atoms with Gasteiger partial charge in [0.15, 0.2) is 22.9 Å². The van der Waals surface area contributed by atoms with E-state index >= 15 is 0 Å². The first-order valence-electron chi connectivity index (χ1n) is 11.5. The van der Waals surface area contributed by atoms with Gasteiger partial charge in [0.25, 0.3) is 5.91 Å². The largest absolute Gasteiger partial charge is 0.493 e. The molecule has 0 aromatic heterocycles. The summed E-state index contributed by atoms with van der Waals surface area (Å²) in [4.78, 5) is 27.9. The van der Waals surface area contributed by atoms with Crippen molar-refractivity contribution in [2.24, 2.45) is 0 Å². The van der Waals surface area contributed by atoms with E-state index in [1.165, 1.54) is 4.90 Å². The lowest BCUT2D eigenvalue weighted by Gasteiger charge is -2.23. The van der Waals surface area contributed by atoms with E-state index in [0.29, 0.717) is 28.3 Å². The van der Waals surface area contributed by atoms with Crippen LogP contribution >= 0.6 is 0 Å². The number of Topliss-reactive ketones (excluding diaryl/α,β-unsaturated/α-hetero) is 1. The van der Waals surface area contributed by atoms with Crippen molar-refractivity contribution in [1.29, 1.82) is 0 Å². The normalized spacial score (nSPS) is 16.9. The predicted octanol–water partition coefficient (Wildman–Crippen LogP) is 4.53. The summed E-state index contributed by atoms with van der Waals surface area (Å²) in [5.74, 6) is 0.374. The van der Waals surface area contributed by atoms with Crippen LogP contribution in [0.15, 0.2) is 72.8 Å². The standard InChI is InChI=1S/C28H29NO5/c1-3-8-20-13-15-21(16-14-20)24(30)19-28(32)22-9-4-5-10-23(22)29(27(28)31)17-18-34-26-12-7-6-11-25(26)33-2/h4-7,9-16,32H,3,8,17-19H2,1-2H3. The van der Waals surface area contributed by atoms with Gasteiger partial charge in [0.2, 0.25) is 0 Å². The monoisotopic (exact) mass is 459 g/mol. The van der Waals surface area contributed by atoms with Gasteiger partial charge in [0.05, 0.1) is 25.8 Å². The highest BCUT2D eigenvalue weighted by molar-refractivity contribution is 6.10. The quantitative estimate of drug-likeness (QED) is 0.451. The molecule has 0 spiro atoms. The van der Waals surface area contributed by atoms with E-state index in [4.69, 9.17) is 9.47 Å². The molecule has 0 aliphatic carbocycles. The number of hydrogen-bond acceptors (Lipinski definition) is 5. The molecule has 34 heavy (non-hydrogen) atoms. The molecule has 1 unspecified atom stereocenters. The molecule has 1 aliphatic heterocycles. The molecule has 1 heterocycles. The van der Waals surface area contributed by atoms with Crippen molar-refractivity contribution in [3.05, 3.63) is 89.5 Å². The molecule has 1 N–H and O–H groups in total. The van der Waals surface area contributed by atoms with Crippen LogP contribution in [0.4, 0.5) is 5.69 Å². The maximum absolute atomic E-state index is 13.4. The number of fused-ring (bicyclic) bond motifs is 1. The molecule has 0 bridgehead atoms. The molecule has 4 rings (SSSR count). The Hall–Kier alpha value is -3.64. The maximum atomic E-state index is 13.4. The maximum Gasteiger partial charge on any atom is 0.264 e. The lowest BCUT2D eigenvalue weighted by Crippen LogP contribution is -2.43. The number of para-hydroxylation sites is 3. The Labute approximate surface area is 199 Å². The van der Waals surface area contributed by atoms with Gasteiger partial charge in [-0.1, -0.05) is 67.9 Å². The average molecular weight is 460 g/mol. The van der Waals surface area contributed by atoms with E-state index in [2.05, 4.69) is 6.92 Å². The Bertz CT molecular complexity index is 1170. The molecule has 3 aromatic rings. The molecule has 1 atom stereocenters. The molecule has 0 fully saturated rings. The summed E-state index contributed by atoms with van der Waals surface area (Å²) in [7, 11) is 1.57. The zero-order valence-corrected chi connectivity index (χ0v) is 19.5. The molecule has 176 valence electrons. The van der Waals surface area contributed by atoms with Gasteiger partial charge < -0.3 is 19.5 Å². The lowest BCUT2D eigenvalue weighted by molar-refractivity contribution is -0.135. The van der Waals surface area contributed by atoms with Gasteiger partial charge >= 0.3 is 0 Å². The number of benzene rings is 3. The van der Waals surface area contributed by atoms with E-state index < -0.39 is 11.5 Å². The van der Waals surface area contributed by atoms with Crippen LogP contribution in [0.25, 0.3) is 0 Å². The third-order valence-electron chi connectivity index (χ3n) is 6.11. The zero-order chi connectivity index (χ0) is 24.1. The number of aryl methyl sites for hydroxylation is 1. The SMILES string of the molecule is CCCc1ccc(C(=O)CC2(O)C(=O)N(CCOc3ccccc3OC)c3ccccc32)cc1. The van der Waals surface area contributed by atoms with E-state index in [-0.39, 0.29) is 25.4 Å². The number of carbonyl (C=O) groups excluding carboxylic acids is 2. The Morgan fingerprint density at radius 1 is 0.971 bits per heavy atom.